The van der Waals surface area contributed by atoms with Gasteiger partial charge in [-0.1, -0.05) is 61.2 Å². The second kappa shape index (κ2) is 17.0. The van der Waals surface area contributed by atoms with Crippen LogP contribution in [-0.4, -0.2) is 91.8 Å². The molecule has 2 heterocycles. The van der Waals surface area contributed by atoms with E-state index in [1.807, 2.05) is 25.1 Å². The van der Waals surface area contributed by atoms with Crippen LogP contribution in [0.5, 0.6) is 0 Å². The van der Waals surface area contributed by atoms with E-state index in [1.165, 1.54) is 18.6 Å². The molecule has 4 N–H and O–H groups in total. The van der Waals surface area contributed by atoms with Crippen molar-refractivity contribution in [3.05, 3.63) is 83.6 Å². The number of aryl methyl sites for hydroxylation is 3. The van der Waals surface area contributed by atoms with Crippen molar-refractivity contribution in [3.8, 4) is 0 Å². The van der Waals surface area contributed by atoms with E-state index in [0.29, 0.717) is 29.9 Å². The van der Waals surface area contributed by atoms with Crippen LogP contribution in [0.15, 0.2) is 71.8 Å². The predicted molar refractivity (Wildman–Crippen MR) is 194 cm³/mol. The Morgan fingerprint density at radius 1 is 1.00 bits per heavy atom. The average Bonchev–Trinajstić information content (AvgIpc) is 3.53. The molecule has 0 bridgehead atoms. The zero-order valence-corrected chi connectivity index (χ0v) is 30.2. The molecule has 51 heavy (non-hydrogen) atoms. The van der Waals surface area contributed by atoms with Gasteiger partial charge < -0.3 is 30.7 Å². The summed E-state index contributed by atoms with van der Waals surface area (Å²) in [5, 5.41) is 19.4. The topological polar surface area (TPSA) is 170 Å². The van der Waals surface area contributed by atoms with Gasteiger partial charge in [-0.15, -0.1) is 0 Å². The fourth-order valence-corrected chi connectivity index (χ4v) is 8.78. The number of hydrogen-bond acceptors (Lipinski definition) is 8. The number of carboxylic acid groups (broad SMARTS) is 1. The van der Waals surface area contributed by atoms with Crippen LogP contribution in [0.25, 0.3) is 0 Å². The summed E-state index contributed by atoms with van der Waals surface area (Å²) in [6.07, 6.45) is 6.93. The third kappa shape index (κ3) is 9.56. The number of carboxylic acids is 1. The predicted octanol–water partition coefficient (Wildman–Crippen LogP) is 4.39. The molecule has 1 saturated heterocycles. The number of ether oxygens (including phenoxy) is 1. The van der Waals surface area contributed by atoms with Gasteiger partial charge in [0.25, 0.3) is 10.0 Å². The molecule has 1 aromatic heterocycles. The summed E-state index contributed by atoms with van der Waals surface area (Å²) in [6.45, 7) is 5.14. The Balaban J connectivity index is 1.26. The standard InChI is InChI=1S/C37H48N6O7S/c1-25-18-26(2)35(27(3)19-25)43(51(48,49)31-14-8-5-9-15-31)32(36(45)46)22-40-34(44)24-50-30-20-29(21-39-33-16-10-11-17-38-33)42(23-30)37(47)41-28-12-6-4-7-13-28/h5,8-11,14-19,28-30,32H,4,6-7,12-13,20-24H2,1-3H3,(H,38,39)(H,40,44)(H,41,47)(H,45,46). The number of amides is 3. The van der Waals surface area contributed by atoms with Gasteiger partial charge in [-0.25, -0.2) is 27.3 Å². The van der Waals surface area contributed by atoms with Gasteiger partial charge in [0.15, 0.2) is 6.04 Å². The van der Waals surface area contributed by atoms with Gasteiger partial charge in [-0.3, -0.25) is 4.79 Å². The number of aliphatic carboxylic acids is 1. The minimum absolute atomic E-state index is 0.0734. The van der Waals surface area contributed by atoms with E-state index < -0.39 is 47.2 Å². The molecular weight excluding hydrogens is 673 g/mol. The van der Waals surface area contributed by atoms with Crippen molar-refractivity contribution in [1.29, 1.82) is 0 Å². The van der Waals surface area contributed by atoms with Crippen molar-refractivity contribution in [3.63, 3.8) is 0 Å². The number of anilines is 2. The lowest BCUT2D eigenvalue weighted by atomic mass is 9.96. The highest BCUT2D eigenvalue weighted by Gasteiger charge is 2.39. The normalized spacial score (nSPS) is 18.5. The zero-order valence-electron chi connectivity index (χ0n) is 29.4. The number of carbonyl (C=O) groups excluding carboxylic acids is 2. The number of rotatable bonds is 14. The molecule has 3 unspecified atom stereocenters. The van der Waals surface area contributed by atoms with Crippen LogP contribution in [0.3, 0.4) is 0 Å². The minimum Gasteiger partial charge on any atom is -0.480 e. The summed E-state index contributed by atoms with van der Waals surface area (Å²) in [6, 6.07) is 14.8. The summed E-state index contributed by atoms with van der Waals surface area (Å²) in [4.78, 5) is 45.3. The number of nitrogens with one attached hydrogen (secondary N) is 3. The van der Waals surface area contributed by atoms with E-state index in [9.17, 15) is 27.9 Å². The van der Waals surface area contributed by atoms with Crippen LogP contribution < -0.4 is 20.3 Å². The van der Waals surface area contributed by atoms with Crippen molar-refractivity contribution in [2.75, 3.05) is 35.9 Å². The molecule has 2 fully saturated rings. The summed E-state index contributed by atoms with van der Waals surface area (Å²) >= 11 is 0. The molecule has 2 aromatic carbocycles. The maximum atomic E-state index is 14.1. The number of carbonyl (C=O) groups is 3. The first kappa shape index (κ1) is 37.6. The molecule has 3 amide bonds. The molecule has 13 nitrogen and oxygen atoms in total. The summed E-state index contributed by atoms with van der Waals surface area (Å²) in [5.41, 5.74) is 2.30. The minimum atomic E-state index is -4.37. The number of nitrogens with zero attached hydrogens (tertiary/aromatic N) is 3. The Hall–Kier alpha value is -4.69. The third-order valence-corrected chi connectivity index (χ3v) is 11.2. The number of aromatic nitrogens is 1. The number of pyridine rings is 1. The Labute approximate surface area is 299 Å². The largest absolute Gasteiger partial charge is 0.480 e. The summed E-state index contributed by atoms with van der Waals surface area (Å²) in [5.74, 6) is -1.35. The molecule has 3 aromatic rings. The highest BCUT2D eigenvalue weighted by atomic mass is 32.2. The van der Waals surface area contributed by atoms with Gasteiger partial charge >= 0.3 is 12.0 Å². The quantitative estimate of drug-likeness (QED) is 0.189. The molecule has 5 rings (SSSR count). The maximum Gasteiger partial charge on any atom is 0.329 e. The number of likely N-dealkylation sites (tertiary alicyclic amines) is 1. The number of urea groups is 1. The summed E-state index contributed by atoms with van der Waals surface area (Å²) < 4.78 is 35.0. The first-order valence-corrected chi connectivity index (χ1v) is 18.9. The lowest BCUT2D eigenvalue weighted by molar-refractivity contribution is -0.138. The van der Waals surface area contributed by atoms with E-state index in [-0.39, 0.29) is 35.2 Å². The highest BCUT2D eigenvalue weighted by Crippen LogP contribution is 2.33. The molecular formula is C37H48N6O7S. The Bertz CT molecular complexity index is 1750. The van der Waals surface area contributed by atoms with E-state index in [2.05, 4.69) is 20.9 Å². The van der Waals surface area contributed by atoms with Crippen LogP contribution in [0.4, 0.5) is 16.3 Å². The maximum absolute atomic E-state index is 14.1. The van der Waals surface area contributed by atoms with Gasteiger partial charge in [-0.05, 0) is 75.4 Å². The summed E-state index contributed by atoms with van der Waals surface area (Å²) in [7, 11) is -4.37. The molecule has 1 aliphatic carbocycles. The van der Waals surface area contributed by atoms with Gasteiger partial charge in [0.2, 0.25) is 5.91 Å². The second-order valence-corrected chi connectivity index (χ2v) is 15.2. The van der Waals surface area contributed by atoms with E-state index in [1.54, 1.807) is 55.3 Å². The molecule has 1 aliphatic heterocycles. The second-order valence-electron chi connectivity index (χ2n) is 13.4. The Morgan fingerprint density at radius 3 is 2.33 bits per heavy atom. The SMILES string of the molecule is Cc1cc(C)c(N(C(CNC(=O)COC2CC(CNc3ccccn3)N(C(=O)NC3CCCCC3)C2)C(=O)O)S(=O)(=O)c2ccccc2)c(C)c1. The fraction of sp³-hybridized carbons (Fsp3) is 0.459. The van der Waals surface area contributed by atoms with E-state index in [0.717, 1.165) is 35.6 Å². The van der Waals surface area contributed by atoms with Crippen LogP contribution in [0.2, 0.25) is 0 Å². The molecule has 2 aliphatic rings. The first-order valence-electron chi connectivity index (χ1n) is 17.4. The monoisotopic (exact) mass is 720 g/mol. The van der Waals surface area contributed by atoms with E-state index >= 15 is 0 Å². The Morgan fingerprint density at radius 2 is 1.69 bits per heavy atom. The molecule has 0 spiro atoms. The smallest absolute Gasteiger partial charge is 0.329 e. The van der Waals surface area contributed by atoms with Gasteiger partial charge in [-0.2, -0.15) is 0 Å². The van der Waals surface area contributed by atoms with Crippen molar-refractivity contribution in [1.82, 2.24) is 20.5 Å². The first-order chi connectivity index (χ1) is 24.4. The zero-order chi connectivity index (χ0) is 36.5. The fourth-order valence-electron chi connectivity index (χ4n) is 7.03. The highest BCUT2D eigenvalue weighted by molar-refractivity contribution is 7.93. The average molecular weight is 721 g/mol. The number of hydrogen-bond donors (Lipinski definition) is 4. The molecule has 274 valence electrons. The third-order valence-electron chi connectivity index (χ3n) is 9.42. The van der Waals surface area contributed by atoms with Gasteiger partial charge in [0.05, 0.1) is 22.7 Å². The van der Waals surface area contributed by atoms with Crippen molar-refractivity contribution in [2.24, 2.45) is 0 Å². The van der Waals surface area contributed by atoms with Crippen LogP contribution in [-0.2, 0) is 24.3 Å². The lowest BCUT2D eigenvalue weighted by Crippen LogP contribution is -2.52. The number of benzene rings is 2. The van der Waals surface area contributed by atoms with Crippen LogP contribution in [0.1, 0.15) is 55.2 Å². The van der Waals surface area contributed by atoms with Gasteiger partial charge in [0, 0.05) is 31.9 Å². The van der Waals surface area contributed by atoms with Crippen molar-refractivity contribution in [2.45, 2.75) is 88.4 Å². The Kier molecular flexibility index (Phi) is 12.5. The molecule has 0 radical (unpaired) electrons. The van der Waals surface area contributed by atoms with Gasteiger partial charge in [0.1, 0.15) is 12.4 Å². The molecule has 3 atom stereocenters. The van der Waals surface area contributed by atoms with E-state index in [4.69, 9.17) is 4.74 Å². The number of sulfonamides is 1. The van der Waals surface area contributed by atoms with Crippen molar-refractivity contribution >= 4 is 39.4 Å². The van der Waals surface area contributed by atoms with Crippen LogP contribution in [0, 0.1) is 20.8 Å². The van der Waals surface area contributed by atoms with Crippen LogP contribution >= 0.6 is 0 Å². The lowest BCUT2D eigenvalue weighted by Gasteiger charge is -2.33. The van der Waals surface area contributed by atoms with Crippen molar-refractivity contribution < 1.29 is 32.6 Å². The molecule has 14 heteroatoms. The molecule has 1 saturated carbocycles.